The molecule has 102 valence electrons. The van der Waals surface area contributed by atoms with E-state index in [-0.39, 0.29) is 10.8 Å². The molecule has 0 aliphatic rings. The Morgan fingerprint density at radius 1 is 1.39 bits per heavy atom. The van der Waals surface area contributed by atoms with E-state index >= 15 is 0 Å². The van der Waals surface area contributed by atoms with Crippen molar-refractivity contribution in [2.24, 2.45) is 0 Å². The second-order valence-corrected chi connectivity index (χ2v) is 4.57. The highest BCUT2D eigenvalue weighted by Crippen LogP contribution is 2.20. The summed E-state index contributed by atoms with van der Waals surface area (Å²) in [6.45, 7) is 3.93. The van der Waals surface area contributed by atoms with Gasteiger partial charge in [-0.05, 0) is 18.7 Å². The van der Waals surface area contributed by atoms with Crippen LogP contribution >= 0.6 is 11.6 Å². The van der Waals surface area contributed by atoms with Crippen LogP contribution in [0.2, 0.25) is 5.02 Å². The lowest BCUT2D eigenvalue weighted by Gasteiger charge is -2.17. The van der Waals surface area contributed by atoms with Crippen molar-refractivity contribution in [2.45, 2.75) is 6.54 Å². The molecule has 0 amide bonds. The van der Waals surface area contributed by atoms with Gasteiger partial charge < -0.3 is 15.0 Å². The Hall–Kier alpha value is -0.680. The third-order valence-electron chi connectivity index (χ3n) is 2.63. The lowest BCUT2D eigenvalue weighted by Crippen LogP contribution is -2.30. The lowest BCUT2D eigenvalue weighted by molar-refractivity contribution is 0.197. The zero-order valence-corrected chi connectivity index (χ0v) is 11.6. The van der Waals surface area contributed by atoms with Crippen molar-refractivity contribution < 1.29 is 9.13 Å². The molecule has 1 N–H and O–H groups in total. The second kappa shape index (κ2) is 8.43. The quantitative estimate of drug-likeness (QED) is 0.735. The van der Waals surface area contributed by atoms with Crippen LogP contribution < -0.4 is 5.32 Å². The van der Waals surface area contributed by atoms with Gasteiger partial charge in [0.2, 0.25) is 0 Å². The minimum absolute atomic E-state index is 0.219. The van der Waals surface area contributed by atoms with Gasteiger partial charge in [0.05, 0.1) is 11.6 Å². The highest BCUT2D eigenvalue weighted by atomic mass is 35.5. The molecule has 0 saturated carbocycles. The lowest BCUT2D eigenvalue weighted by atomic mass is 10.2. The Bertz CT molecular complexity index is 363. The van der Waals surface area contributed by atoms with Gasteiger partial charge in [-0.3, -0.25) is 0 Å². The molecule has 0 spiro atoms. The third kappa shape index (κ3) is 5.31. The number of methoxy groups -OCH3 is 1. The summed E-state index contributed by atoms with van der Waals surface area (Å²) < 4.78 is 18.2. The molecule has 0 saturated heterocycles. The fourth-order valence-electron chi connectivity index (χ4n) is 1.61. The van der Waals surface area contributed by atoms with E-state index < -0.39 is 0 Å². The highest BCUT2D eigenvalue weighted by Gasteiger charge is 2.07. The predicted octanol–water partition coefficient (Wildman–Crippen LogP) is 2.15. The molecule has 0 bridgehead atoms. The normalized spacial score (nSPS) is 11.2. The summed E-state index contributed by atoms with van der Waals surface area (Å²) in [6.07, 6.45) is 0. The zero-order valence-electron chi connectivity index (χ0n) is 10.9. The maximum atomic E-state index is 13.2. The molecule has 18 heavy (non-hydrogen) atoms. The van der Waals surface area contributed by atoms with E-state index in [9.17, 15) is 4.39 Å². The smallest absolute Gasteiger partial charge is 0.142 e. The van der Waals surface area contributed by atoms with Crippen LogP contribution in [0.15, 0.2) is 18.2 Å². The fourth-order valence-corrected chi connectivity index (χ4v) is 1.80. The van der Waals surface area contributed by atoms with Crippen LogP contribution in [-0.2, 0) is 11.3 Å². The van der Waals surface area contributed by atoms with Crippen LogP contribution in [0.3, 0.4) is 0 Å². The van der Waals surface area contributed by atoms with Gasteiger partial charge in [0.25, 0.3) is 0 Å². The molecule has 0 unspecified atom stereocenters. The van der Waals surface area contributed by atoms with Gasteiger partial charge in [-0.1, -0.05) is 23.7 Å². The minimum Gasteiger partial charge on any atom is -0.383 e. The maximum absolute atomic E-state index is 13.2. The average molecular weight is 275 g/mol. The van der Waals surface area contributed by atoms with Crippen molar-refractivity contribution >= 4 is 11.6 Å². The molecule has 3 nitrogen and oxygen atoms in total. The first-order valence-electron chi connectivity index (χ1n) is 5.96. The maximum Gasteiger partial charge on any atom is 0.142 e. The van der Waals surface area contributed by atoms with E-state index in [0.29, 0.717) is 13.2 Å². The standard InChI is InChI=1S/C13H20ClFN2O/c1-17(8-6-16-7-9-18-2)10-11-4-3-5-12(15)13(11)14/h3-5,16H,6-10H2,1-2H3. The molecule has 0 fully saturated rings. The Kier molecular flexibility index (Phi) is 7.20. The summed E-state index contributed by atoms with van der Waals surface area (Å²) in [6, 6.07) is 4.90. The number of rotatable bonds is 8. The van der Waals surface area contributed by atoms with Gasteiger partial charge in [0.1, 0.15) is 5.82 Å². The number of halogens is 2. The molecule has 5 heteroatoms. The van der Waals surface area contributed by atoms with Gasteiger partial charge in [0.15, 0.2) is 0 Å². The first-order chi connectivity index (χ1) is 8.65. The number of nitrogens with one attached hydrogen (secondary N) is 1. The molecular weight excluding hydrogens is 255 g/mol. The van der Waals surface area contributed by atoms with E-state index in [1.807, 2.05) is 13.1 Å². The number of hydrogen-bond acceptors (Lipinski definition) is 3. The van der Waals surface area contributed by atoms with Crippen molar-refractivity contribution in [1.82, 2.24) is 10.2 Å². The summed E-state index contributed by atoms with van der Waals surface area (Å²) in [5, 5.41) is 3.47. The summed E-state index contributed by atoms with van der Waals surface area (Å²) in [5.74, 6) is -0.360. The van der Waals surface area contributed by atoms with Crippen LogP contribution in [0.25, 0.3) is 0 Å². The average Bonchev–Trinajstić information content (AvgIpc) is 2.35. The fraction of sp³-hybridized carbons (Fsp3) is 0.538. The van der Waals surface area contributed by atoms with E-state index in [4.69, 9.17) is 16.3 Å². The number of ether oxygens (including phenoxy) is 1. The highest BCUT2D eigenvalue weighted by molar-refractivity contribution is 6.31. The molecule has 1 rings (SSSR count). The van der Waals surface area contributed by atoms with Crippen molar-refractivity contribution in [2.75, 3.05) is 40.4 Å². The molecular formula is C13H20ClFN2O. The van der Waals surface area contributed by atoms with Crippen molar-refractivity contribution in [3.63, 3.8) is 0 Å². The number of nitrogens with zero attached hydrogens (tertiary/aromatic N) is 1. The molecule has 0 aliphatic carbocycles. The minimum atomic E-state index is -0.360. The summed E-state index contributed by atoms with van der Waals surface area (Å²) in [5.41, 5.74) is 0.816. The molecule has 1 aromatic carbocycles. The van der Waals surface area contributed by atoms with Gasteiger partial charge in [0, 0.05) is 33.3 Å². The van der Waals surface area contributed by atoms with Crippen LogP contribution in [-0.4, -0.2) is 45.3 Å². The first-order valence-corrected chi connectivity index (χ1v) is 6.34. The van der Waals surface area contributed by atoms with E-state index in [1.54, 1.807) is 13.2 Å². The predicted molar refractivity (Wildman–Crippen MR) is 72.5 cm³/mol. The van der Waals surface area contributed by atoms with Crippen LogP contribution in [0.1, 0.15) is 5.56 Å². The Morgan fingerprint density at radius 3 is 2.89 bits per heavy atom. The molecule has 1 aromatic rings. The number of hydrogen-bond donors (Lipinski definition) is 1. The van der Waals surface area contributed by atoms with Crippen molar-refractivity contribution in [3.05, 3.63) is 34.6 Å². The van der Waals surface area contributed by atoms with E-state index in [2.05, 4.69) is 10.2 Å². The molecule has 0 aliphatic heterocycles. The molecule has 0 radical (unpaired) electrons. The van der Waals surface area contributed by atoms with Crippen molar-refractivity contribution in [1.29, 1.82) is 0 Å². The zero-order chi connectivity index (χ0) is 13.4. The van der Waals surface area contributed by atoms with Crippen molar-refractivity contribution in [3.8, 4) is 0 Å². The van der Waals surface area contributed by atoms with E-state index in [0.717, 1.165) is 25.2 Å². The Balaban J connectivity index is 2.31. The molecule has 0 atom stereocenters. The Labute approximate surface area is 113 Å². The summed E-state index contributed by atoms with van der Waals surface area (Å²) in [4.78, 5) is 2.10. The van der Waals surface area contributed by atoms with Gasteiger partial charge in [-0.25, -0.2) is 4.39 Å². The number of likely N-dealkylation sites (N-methyl/N-ethyl adjacent to an activating group) is 1. The van der Waals surface area contributed by atoms with Gasteiger partial charge in [-0.15, -0.1) is 0 Å². The summed E-state index contributed by atoms with van der Waals surface area (Å²) >= 11 is 5.91. The topological polar surface area (TPSA) is 24.5 Å². The second-order valence-electron chi connectivity index (χ2n) is 4.19. The summed E-state index contributed by atoms with van der Waals surface area (Å²) in [7, 11) is 3.67. The van der Waals surface area contributed by atoms with Crippen LogP contribution in [0.4, 0.5) is 4.39 Å². The van der Waals surface area contributed by atoms with Gasteiger partial charge in [-0.2, -0.15) is 0 Å². The largest absolute Gasteiger partial charge is 0.383 e. The third-order valence-corrected chi connectivity index (χ3v) is 3.05. The monoisotopic (exact) mass is 274 g/mol. The van der Waals surface area contributed by atoms with Gasteiger partial charge >= 0.3 is 0 Å². The molecule has 0 heterocycles. The molecule has 0 aromatic heterocycles. The van der Waals surface area contributed by atoms with Crippen LogP contribution in [0, 0.1) is 5.82 Å². The van der Waals surface area contributed by atoms with E-state index in [1.165, 1.54) is 6.07 Å². The Morgan fingerprint density at radius 2 is 2.17 bits per heavy atom. The SMILES string of the molecule is COCCNCCN(C)Cc1cccc(F)c1Cl. The first kappa shape index (κ1) is 15.4. The number of benzene rings is 1. The van der Waals surface area contributed by atoms with Crippen LogP contribution in [0.5, 0.6) is 0 Å².